The Hall–Kier alpha value is -4.43. The molecule has 0 bridgehead atoms. The van der Waals surface area contributed by atoms with Crippen LogP contribution in [-0.2, 0) is 32.6 Å². The van der Waals surface area contributed by atoms with Crippen molar-refractivity contribution in [3.63, 3.8) is 0 Å². The number of carbonyl (C=O) groups excluding carboxylic acids is 2. The van der Waals surface area contributed by atoms with Gasteiger partial charge in [0.05, 0.1) is 10.6 Å². The van der Waals surface area contributed by atoms with Crippen molar-refractivity contribution in [2.24, 2.45) is 0 Å². The number of hydrogen-bond donors (Lipinski definition) is 1. The Morgan fingerprint density at radius 1 is 0.791 bits per heavy atom. The van der Waals surface area contributed by atoms with Crippen molar-refractivity contribution in [1.29, 1.82) is 0 Å². The van der Waals surface area contributed by atoms with Gasteiger partial charge in [0.25, 0.3) is 10.0 Å². The number of rotatable bonds is 12. The van der Waals surface area contributed by atoms with Gasteiger partial charge in [-0.25, -0.2) is 8.42 Å². The molecule has 0 fully saturated rings. The molecule has 0 aliphatic heterocycles. The van der Waals surface area contributed by atoms with Crippen LogP contribution in [0.3, 0.4) is 0 Å². The van der Waals surface area contributed by atoms with Gasteiger partial charge >= 0.3 is 0 Å². The summed E-state index contributed by atoms with van der Waals surface area (Å²) in [5.41, 5.74) is 3.96. The first-order chi connectivity index (χ1) is 20.6. The van der Waals surface area contributed by atoms with E-state index in [0.29, 0.717) is 5.69 Å². The zero-order valence-corrected chi connectivity index (χ0v) is 25.9. The van der Waals surface area contributed by atoms with Crippen LogP contribution in [0.4, 0.5) is 5.69 Å². The summed E-state index contributed by atoms with van der Waals surface area (Å²) in [7, 11) is -4.12. The molecule has 2 amide bonds. The predicted molar refractivity (Wildman–Crippen MR) is 171 cm³/mol. The van der Waals surface area contributed by atoms with Gasteiger partial charge in [-0.15, -0.1) is 0 Å². The lowest BCUT2D eigenvalue weighted by Crippen LogP contribution is -2.54. The van der Waals surface area contributed by atoms with Gasteiger partial charge in [-0.05, 0) is 74.2 Å². The van der Waals surface area contributed by atoms with Gasteiger partial charge in [-0.3, -0.25) is 13.9 Å². The van der Waals surface area contributed by atoms with Crippen molar-refractivity contribution in [2.45, 2.75) is 57.6 Å². The van der Waals surface area contributed by atoms with Crippen LogP contribution in [0.15, 0.2) is 114 Å². The van der Waals surface area contributed by atoms with Gasteiger partial charge in [-0.2, -0.15) is 0 Å². The second-order valence-corrected chi connectivity index (χ2v) is 12.8. The van der Waals surface area contributed by atoms with Crippen molar-refractivity contribution < 1.29 is 18.0 Å². The van der Waals surface area contributed by atoms with E-state index in [1.165, 1.54) is 17.0 Å². The minimum absolute atomic E-state index is 0.0770. The summed E-state index contributed by atoms with van der Waals surface area (Å²) < 4.78 is 29.2. The fourth-order valence-electron chi connectivity index (χ4n) is 4.94. The van der Waals surface area contributed by atoms with Crippen LogP contribution >= 0.6 is 0 Å². The number of sulfonamides is 1. The van der Waals surface area contributed by atoms with Crippen LogP contribution in [-0.4, -0.2) is 43.8 Å². The first kappa shape index (κ1) is 31.5. The molecule has 0 spiro atoms. The Bertz CT molecular complexity index is 1640. The molecule has 4 rings (SSSR count). The van der Waals surface area contributed by atoms with E-state index in [9.17, 15) is 18.0 Å². The van der Waals surface area contributed by atoms with Crippen molar-refractivity contribution in [3.8, 4) is 0 Å². The molecule has 0 radical (unpaired) electrons. The van der Waals surface area contributed by atoms with Gasteiger partial charge in [0.2, 0.25) is 11.8 Å². The highest BCUT2D eigenvalue weighted by Crippen LogP contribution is 2.26. The molecule has 4 aromatic carbocycles. The van der Waals surface area contributed by atoms with Gasteiger partial charge in [-0.1, -0.05) is 84.9 Å². The number of anilines is 1. The summed E-state index contributed by atoms with van der Waals surface area (Å²) in [5, 5.41) is 2.98. The number of nitrogens with one attached hydrogen (secondary N) is 1. The molecule has 0 saturated carbocycles. The van der Waals surface area contributed by atoms with E-state index in [2.05, 4.69) is 5.32 Å². The lowest BCUT2D eigenvalue weighted by Gasteiger charge is -2.34. The average molecular weight is 598 g/mol. The normalized spacial score (nSPS) is 12.0. The van der Waals surface area contributed by atoms with Crippen molar-refractivity contribution >= 4 is 27.5 Å². The highest BCUT2D eigenvalue weighted by atomic mass is 32.2. The van der Waals surface area contributed by atoms with Crippen molar-refractivity contribution in [3.05, 3.63) is 131 Å². The number of hydrogen-bond acceptors (Lipinski definition) is 4. The summed E-state index contributed by atoms with van der Waals surface area (Å²) in [5.74, 6) is -0.780. The smallest absolute Gasteiger partial charge is 0.264 e. The average Bonchev–Trinajstić information content (AvgIpc) is 2.99. The predicted octanol–water partition coefficient (Wildman–Crippen LogP) is 5.66. The number of carbonyl (C=O) groups is 2. The number of nitrogens with zero attached hydrogens (tertiary/aromatic N) is 2. The molecule has 0 saturated heterocycles. The van der Waals surface area contributed by atoms with Crippen LogP contribution in [0.25, 0.3) is 0 Å². The quantitative estimate of drug-likeness (QED) is 0.228. The van der Waals surface area contributed by atoms with Crippen molar-refractivity contribution in [2.75, 3.05) is 10.8 Å². The molecule has 0 aliphatic rings. The molecular weight excluding hydrogens is 558 g/mol. The van der Waals surface area contributed by atoms with E-state index < -0.39 is 28.5 Å². The Balaban J connectivity index is 1.81. The van der Waals surface area contributed by atoms with Gasteiger partial charge in [0, 0.05) is 19.0 Å². The van der Waals surface area contributed by atoms with E-state index >= 15 is 0 Å². The second kappa shape index (κ2) is 14.2. The zero-order valence-electron chi connectivity index (χ0n) is 25.1. The molecular formula is C35H39N3O4S. The van der Waals surface area contributed by atoms with E-state index in [0.717, 1.165) is 26.6 Å². The Labute approximate surface area is 255 Å². The van der Waals surface area contributed by atoms with Crippen LogP contribution < -0.4 is 9.62 Å². The Morgan fingerprint density at radius 3 is 2.05 bits per heavy atom. The molecule has 0 aliphatic carbocycles. The lowest BCUT2D eigenvalue weighted by molar-refractivity contribution is -0.140. The first-order valence-corrected chi connectivity index (χ1v) is 15.8. The van der Waals surface area contributed by atoms with E-state index in [-0.39, 0.29) is 29.8 Å². The van der Waals surface area contributed by atoms with E-state index in [1.54, 1.807) is 36.4 Å². The third kappa shape index (κ3) is 8.11. The highest BCUT2D eigenvalue weighted by molar-refractivity contribution is 7.92. The molecule has 4 aromatic rings. The topological polar surface area (TPSA) is 86.8 Å². The molecule has 8 heteroatoms. The summed E-state index contributed by atoms with van der Waals surface area (Å²) in [6.45, 7) is 7.23. The fraction of sp³-hybridized carbons (Fsp3) is 0.257. The maximum atomic E-state index is 14.5. The van der Waals surface area contributed by atoms with Crippen LogP contribution in [0.2, 0.25) is 0 Å². The van der Waals surface area contributed by atoms with Gasteiger partial charge < -0.3 is 10.2 Å². The van der Waals surface area contributed by atoms with Crippen molar-refractivity contribution in [1.82, 2.24) is 10.2 Å². The standard InChI is InChI=1S/C35H39N3O4S/c1-26(2)36-35(40)33(23-29-16-7-5-8-17-29)37(24-30-18-12-11-15-28(30)4)34(39)25-38(31-19-13-14-27(3)22-31)43(41,42)32-20-9-6-10-21-32/h5-22,26,33H,23-25H2,1-4H3,(H,36,40)/t33-/m1/s1. The Kier molecular flexibility index (Phi) is 10.4. The highest BCUT2D eigenvalue weighted by Gasteiger charge is 2.35. The molecule has 43 heavy (non-hydrogen) atoms. The molecule has 224 valence electrons. The molecule has 1 atom stereocenters. The number of aryl methyl sites for hydroxylation is 2. The minimum Gasteiger partial charge on any atom is -0.352 e. The molecule has 0 heterocycles. The molecule has 0 unspecified atom stereocenters. The molecule has 7 nitrogen and oxygen atoms in total. The summed E-state index contributed by atoms with van der Waals surface area (Å²) >= 11 is 0. The molecule has 0 aromatic heterocycles. The van der Waals surface area contributed by atoms with Crippen LogP contribution in [0.1, 0.15) is 36.1 Å². The molecule has 1 N–H and O–H groups in total. The van der Waals surface area contributed by atoms with Gasteiger partial charge in [0.1, 0.15) is 12.6 Å². The summed E-state index contributed by atoms with van der Waals surface area (Å²) in [4.78, 5) is 29.8. The third-order valence-corrected chi connectivity index (χ3v) is 8.99. The van der Waals surface area contributed by atoms with E-state index in [4.69, 9.17) is 0 Å². The maximum absolute atomic E-state index is 14.5. The largest absolute Gasteiger partial charge is 0.352 e. The minimum atomic E-state index is -4.12. The fourth-order valence-corrected chi connectivity index (χ4v) is 6.36. The number of amides is 2. The van der Waals surface area contributed by atoms with Crippen LogP contribution in [0, 0.1) is 13.8 Å². The first-order valence-electron chi connectivity index (χ1n) is 14.4. The van der Waals surface area contributed by atoms with E-state index in [1.807, 2.05) is 88.4 Å². The van der Waals surface area contributed by atoms with Gasteiger partial charge in [0.15, 0.2) is 0 Å². The second-order valence-electron chi connectivity index (χ2n) is 11.0. The number of benzene rings is 4. The third-order valence-electron chi connectivity index (χ3n) is 7.20. The monoisotopic (exact) mass is 597 g/mol. The Morgan fingerprint density at radius 2 is 1.42 bits per heavy atom. The summed E-state index contributed by atoms with van der Waals surface area (Å²) in [6, 6.07) is 31.3. The zero-order chi connectivity index (χ0) is 31.0. The maximum Gasteiger partial charge on any atom is 0.264 e. The SMILES string of the molecule is Cc1cccc(N(CC(=O)N(Cc2ccccc2C)[C@H](Cc2ccccc2)C(=O)NC(C)C)S(=O)(=O)c2ccccc2)c1. The summed E-state index contributed by atoms with van der Waals surface area (Å²) in [6.07, 6.45) is 0.271. The van der Waals surface area contributed by atoms with Crippen LogP contribution in [0.5, 0.6) is 0 Å². The lowest BCUT2D eigenvalue weighted by atomic mass is 10.0.